The Morgan fingerprint density at radius 2 is 1.80 bits per heavy atom. The van der Waals surface area contributed by atoms with Gasteiger partial charge in [-0.1, -0.05) is 34.8 Å². The van der Waals surface area contributed by atoms with Crippen LogP contribution >= 0.6 is 34.8 Å². The first-order valence-corrected chi connectivity index (χ1v) is 6.68. The lowest BCUT2D eigenvalue weighted by Crippen LogP contribution is -2.30. The van der Waals surface area contributed by atoms with Crippen molar-refractivity contribution in [1.82, 2.24) is 5.32 Å². The average molecular weight is 341 g/mol. The SMILES string of the molecule is COC(=O)CCNC(=O)COc1cc(Cl)c(Cl)cc1Cl. The molecule has 0 aliphatic carbocycles. The molecule has 1 N–H and O–H groups in total. The van der Waals surface area contributed by atoms with Crippen LogP contribution in [0.1, 0.15) is 6.42 Å². The van der Waals surface area contributed by atoms with Gasteiger partial charge in [-0.25, -0.2) is 0 Å². The van der Waals surface area contributed by atoms with Crippen LogP contribution < -0.4 is 10.1 Å². The van der Waals surface area contributed by atoms with Crippen LogP contribution in [0.3, 0.4) is 0 Å². The van der Waals surface area contributed by atoms with Gasteiger partial charge in [-0.2, -0.15) is 0 Å². The van der Waals surface area contributed by atoms with E-state index < -0.39 is 11.9 Å². The van der Waals surface area contributed by atoms with Gasteiger partial charge < -0.3 is 14.8 Å². The first-order valence-electron chi connectivity index (χ1n) is 5.55. The van der Waals surface area contributed by atoms with E-state index in [0.717, 1.165) is 0 Å². The summed E-state index contributed by atoms with van der Waals surface area (Å²) < 4.78 is 9.65. The maximum absolute atomic E-state index is 11.5. The zero-order chi connectivity index (χ0) is 15.1. The third-order valence-electron chi connectivity index (χ3n) is 2.21. The third-order valence-corrected chi connectivity index (χ3v) is 3.23. The van der Waals surface area contributed by atoms with E-state index >= 15 is 0 Å². The molecule has 0 bridgehead atoms. The van der Waals surface area contributed by atoms with Crippen LogP contribution in [0.15, 0.2) is 12.1 Å². The molecule has 1 amide bonds. The number of hydrogen-bond donors (Lipinski definition) is 1. The summed E-state index contributed by atoms with van der Waals surface area (Å²) in [5, 5.41) is 3.32. The fourth-order valence-electron chi connectivity index (χ4n) is 1.22. The second-order valence-corrected chi connectivity index (χ2v) is 4.88. The molecule has 1 aromatic rings. The van der Waals surface area contributed by atoms with Crippen molar-refractivity contribution in [3.05, 3.63) is 27.2 Å². The topological polar surface area (TPSA) is 64.6 Å². The predicted octanol–water partition coefficient (Wildman–Crippen LogP) is 2.70. The highest BCUT2D eigenvalue weighted by Crippen LogP contribution is 2.33. The van der Waals surface area contributed by atoms with E-state index in [1.54, 1.807) is 0 Å². The van der Waals surface area contributed by atoms with Gasteiger partial charge in [-0.15, -0.1) is 0 Å². The Morgan fingerprint density at radius 3 is 2.45 bits per heavy atom. The van der Waals surface area contributed by atoms with Crippen molar-refractivity contribution in [2.45, 2.75) is 6.42 Å². The summed E-state index contributed by atoms with van der Waals surface area (Å²) in [6, 6.07) is 2.85. The summed E-state index contributed by atoms with van der Waals surface area (Å²) in [4.78, 5) is 22.3. The summed E-state index contributed by atoms with van der Waals surface area (Å²) in [5.41, 5.74) is 0. The van der Waals surface area contributed by atoms with Crippen LogP contribution in [-0.2, 0) is 14.3 Å². The molecule has 0 radical (unpaired) electrons. The Labute approximate surface area is 131 Å². The molecule has 0 aliphatic rings. The molecule has 0 spiro atoms. The highest BCUT2D eigenvalue weighted by molar-refractivity contribution is 6.43. The number of ether oxygens (including phenoxy) is 2. The Balaban J connectivity index is 2.41. The minimum absolute atomic E-state index is 0.0930. The fourth-order valence-corrected chi connectivity index (χ4v) is 1.81. The second kappa shape index (κ2) is 8.19. The summed E-state index contributed by atoms with van der Waals surface area (Å²) in [7, 11) is 1.28. The van der Waals surface area contributed by atoms with Gasteiger partial charge in [0.2, 0.25) is 0 Å². The van der Waals surface area contributed by atoms with Crippen LogP contribution in [-0.4, -0.2) is 32.1 Å². The minimum atomic E-state index is -0.404. The molecule has 0 aromatic heterocycles. The quantitative estimate of drug-likeness (QED) is 0.639. The van der Waals surface area contributed by atoms with E-state index in [4.69, 9.17) is 39.5 Å². The summed E-state index contributed by atoms with van der Waals surface area (Å²) in [6.45, 7) is -0.0805. The predicted molar refractivity (Wildman–Crippen MR) is 76.6 cm³/mol. The third kappa shape index (κ3) is 5.45. The van der Waals surface area contributed by atoms with E-state index in [9.17, 15) is 9.59 Å². The number of benzene rings is 1. The lowest BCUT2D eigenvalue weighted by molar-refractivity contribution is -0.140. The maximum Gasteiger partial charge on any atom is 0.307 e. The van der Waals surface area contributed by atoms with Crippen molar-refractivity contribution in [1.29, 1.82) is 0 Å². The van der Waals surface area contributed by atoms with Crippen LogP contribution in [0.4, 0.5) is 0 Å². The molecule has 1 rings (SSSR count). The molecule has 5 nitrogen and oxygen atoms in total. The van der Waals surface area contributed by atoms with Crippen LogP contribution in [0.25, 0.3) is 0 Å². The number of hydrogen-bond acceptors (Lipinski definition) is 4. The number of methoxy groups -OCH3 is 1. The van der Waals surface area contributed by atoms with Crippen molar-refractivity contribution in [2.75, 3.05) is 20.3 Å². The van der Waals surface area contributed by atoms with E-state index in [0.29, 0.717) is 5.02 Å². The zero-order valence-corrected chi connectivity index (χ0v) is 12.8. The fraction of sp³-hybridized carbons (Fsp3) is 0.333. The van der Waals surface area contributed by atoms with Gasteiger partial charge in [-0.05, 0) is 6.07 Å². The van der Waals surface area contributed by atoms with Gasteiger partial charge >= 0.3 is 5.97 Å². The van der Waals surface area contributed by atoms with Crippen LogP contribution in [0.5, 0.6) is 5.75 Å². The summed E-state index contributed by atoms with van der Waals surface area (Å²) in [5.74, 6) is -0.543. The molecule has 1 aromatic carbocycles. The molecule has 0 heterocycles. The van der Waals surface area contributed by atoms with E-state index in [-0.39, 0.29) is 35.4 Å². The molecule has 0 fully saturated rings. The first kappa shape index (κ1) is 16.9. The zero-order valence-electron chi connectivity index (χ0n) is 10.5. The molecule has 0 atom stereocenters. The molecule has 8 heteroatoms. The molecule has 110 valence electrons. The Hall–Kier alpha value is -1.17. The van der Waals surface area contributed by atoms with E-state index in [1.165, 1.54) is 19.2 Å². The average Bonchev–Trinajstić information content (AvgIpc) is 2.41. The van der Waals surface area contributed by atoms with E-state index in [2.05, 4.69) is 10.1 Å². The van der Waals surface area contributed by atoms with Crippen molar-refractivity contribution < 1.29 is 19.1 Å². The molecule has 0 saturated heterocycles. The Bertz CT molecular complexity index is 508. The lowest BCUT2D eigenvalue weighted by atomic mass is 10.3. The van der Waals surface area contributed by atoms with Gasteiger partial charge in [-0.3, -0.25) is 9.59 Å². The highest BCUT2D eigenvalue weighted by Gasteiger charge is 2.09. The van der Waals surface area contributed by atoms with Crippen molar-refractivity contribution in [3.63, 3.8) is 0 Å². The number of carbonyl (C=O) groups excluding carboxylic acids is 2. The van der Waals surface area contributed by atoms with Gasteiger partial charge in [0.15, 0.2) is 6.61 Å². The van der Waals surface area contributed by atoms with Gasteiger partial charge in [0.05, 0.1) is 28.6 Å². The number of amides is 1. The van der Waals surface area contributed by atoms with Crippen molar-refractivity contribution in [2.24, 2.45) is 0 Å². The Kier molecular flexibility index (Phi) is 6.91. The number of nitrogens with one attached hydrogen (secondary N) is 1. The number of carbonyl (C=O) groups is 2. The van der Waals surface area contributed by atoms with Crippen molar-refractivity contribution in [3.8, 4) is 5.75 Å². The Morgan fingerprint density at radius 1 is 1.15 bits per heavy atom. The number of rotatable bonds is 6. The normalized spacial score (nSPS) is 10.0. The monoisotopic (exact) mass is 339 g/mol. The molecule has 0 unspecified atom stereocenters. The molecule has 20 heavy (non-hydrogen) atoms. The second-order valence-electron chi connectivity index (χ2n) is 3.66. The van der Waals surface area contributed by atoms with Gasteiger partial charge in [0.1, 0.15) is 5.75 Å². The van der Waals surface area contributed by atoms with Crippen molar-refractivity contribution >= 4 is 46.7 Å². The summed E-state index contributed by atoms with van der Waals surface area (Å²) in [6.07, 6.45) is 0.0930. The smallest absolute Gasteiger partial charge is 0.307 e. The standard InChI is InChI=1S/C12H12Cl3NO4/c1-19-12(18)2-3-16-11(17)6-20-10-5-8(14)7(13)4-9(10)15/h4-5H,2-3,6H2,1H3,(H,16,17). The van der Waals surface area contributed by atoms with Gasteiger partial charge in [0, 0.05) is 12.6 Å². The summed E-state index contributed by atoms with van der Waals surface area (Å²) >= 11 is 17.5. The maximum atomic E-state index is 11.5. The number of halogens is 3. The molecule has 0 saturated carbocycles. The largest absolute Gasteiger partial charge is 0.482 e. The minimum Gasteiger partial charge on any atom is -0.482 e. The van der Waals surface area contributed by atoms with E-state index in [1.807, 2.05) is 0 Å². The first-order chi connectivity index (χ1) is 9.43. The highest BCUT2D eigenvalue weighted by atomic mass is 35.5. The van der Waals surface area contributed by atoms with Crippen LogP contribution in [0, 0.1) is 0 Å². The molecule has 0 aliphatic heterocycles. The van der Waals surface area contributed by atoms with Gasteiger partial charge in [0.25, 0.3) is 5.91 Å². The lowest BCUT2D eigenvalue weighted by Gasteiger charge is -2.09. The molecular formula is C12H12Cl3NO4. The number of esters is 1. The van der Waals surface area contributed by atoms with Crippen LogP contribution in [0.2, 0.25) is 15.1 Å². The molecular weight excluding hydrogens is 328 g/mol.